The number of carbonyl (C=O) groups excluding carboxylic acids is 3. The van der Waals surface area contributed by atoms with Gasteiger partial charge >= 0.3 is 11.0 Å². The summed E-state index contributed by atoms with van der Waals surface area (Å²) in [7, 11) is 0. The molecular weight excluding hydrogens is 623 g/mol. The second-order valence-corrected chi connectivity index (χ2v) is 12.5. The molecule has 0 spiro atoms. The molecule has 3 aliphatic rings. The Morgan fingerprint density at radius 1 is 1.09 bits per heavy atom. The molecule has 2 unspecified atom stereocenters. The maximum atomic E-state index is 14.0. The Morgan fingerprint density at radius 2 is 1.84 bits per heavy atom. The summed E-state index contributed by atoms with van der Waals surface area (Å²) in [6.07, 6.45) is -4.69. The Morgan fingerprint density at radius 3 is 2.55 bits per heavy atom. The second kappa shape index (κ2) is 11.6. The van der Waals surface area contributed by atoms with Gasteiger partial charge in [-0.05, 0) is 42.8 Å². The zero-order chi connectivity index (χ0) is 31.3. The number of halogens is 3. The first kappa shape index (κ1) is 30.2. The van der Waals surface area contributed by atoms with Crippen molar-refractivity contribution in [1.82, 2.24) is 9.47 Å². The van der Waals surface area contributed by atoms with Crippen LogP contribution in [0.4, 0.5) is 18.9 Å². The number of nitrogens with zero attached hydrogens (tertiary/aromatic N) is 3. The number of fused-ring (bicyclic) bond motifs is 2. The van der Waals surface area contributed by atoms with Gasteiger partial charge in [0.15, 0.2) is 11.5 Å². The maximum absolute atomic E-state index is 14.0. The predicted molar refractivity (Wildman–Crippen MR) is 154 cm³/mol. The van der Waals surface area contributed by atoms with Crippen molar-refractivity contribution in [2.45, 2.75) is 35.8 Å². The lowest BCUT2D eigenvalue weighted by atomic mass is 9.83. The molecule has 0 saturated carbocycles. The number of phenols is 1. The molecule has 44 heavy (non-hydrogen) atoms. The van der Waals surface area contributed by atoms with Crippen LogP contribution in [0.5, 0.6) is 11.5 Å². The van der Waals surface area contributed by atoms with Crippen molar-refractivity contribution < 1.29 is 42.1 Å². The Hall–Kier alpha value is -3.82. The normalized spacial score (nSPS) is 21.8. The molecule has 2 fully saturated rings. The quantitative estimate of drug-likeness (QED) is 0.402. The topological polar surface area (TPSA) is 118 Å². The first-order valence-corrected chi connectivity index (χ1v) is 15.5. The van der Waals surface area contributed by atoms with E-state index in [4.69, 9.17) is 9.47 Å². The summed E-state index contributed by atoms with van der Waals surface area (Å²) in [4.78, 5) is 56.7. The lowest BCUT2D eigenvalue weighted by molar-refractivity contribution is -0.138. The molecule has 3 aromatic rings. The highest BCUT2D eigenvalue weighted by molar-refractivity contribution is 8.00. The largest absolute Gasteiger partial charge is 0.504 e. The third-order valence-corrected chi connectivity index (χ3v) is 10.4. The number of thioether (sulfide) groups is 1. The van der Waals surface area contributed by atoms with Crippen molar-refractivity contribution >= 4 is 46.5 Å². The Balaban J connectivity index is 1.46. The third kappa shape index (κ3) is 5.26. The van der Waals surface area contributed by atoms with Crippen molar-refractivity contribution in [3.05, 3.63) is 68.1 Å². The molecule has 15 heteroatoms. The fourth-order valence-electron chi connectivity index (χ4n) is 5.73. The minimum absolute atomic E-state index is 0.127. The van der Waals surface area contributed by atoms with E-state index in [0.29, 0.717) is 41.8 Å². The number of amides is 3. The van der Waals surface area contributed by atoms with Crippen LogP contribution in [0, 0.1) is 5.92 Å². The molecular formula is C29H26F3N3O7S2. The van der Waals surface area contributed by atoms with Crippen molar-refractivity contribution in [2.24, 2.45) is 5.92 Å². The van der Waals surface area contributed by atoms with E-state index in [1.54, 1.807) is 17.9 Å². The molecule has 232 valence electrons. The molecule has 2 saturated heterocycles. The number of thiazole rings is 1. The summed E-state index contributed by atoms with van der Waals surface area (Å²) < 4.78 is 52.7. The van der Waals surface area contributed by atoms with Crippen molar-refractivity contribution in [3.63, 3.8) is 0 Å². The zero-order valence-corrected chi connectivity index (χ0v) is 24.8. The van der Waals surface area contributed by atoms with Gasteiger partial charge in [-0.2, -0.15) is 13.2 Å². The van der Waals surface area contributed by atoms with Crippen LogP contribution in [0.3, 0.4) is 0 Å². The summed E-state index contributed by atoms with van der Waals surface area (Å²) in [6.45, 7) is 3.13. The number of aromatic nitrogens is 1. The van der Waals surface area contributed by atoms with Crippen LogP contribution in [0.15, 0.2) is 52.3 Å². The van der Waals surface area contributed by atoms with E-state index in [1.807, 2.05) is 0 Å². The Labute approximate surface area is 257 Å². The van der Waals surface area contributed by atoms with Crippen molar-refractivity contribution in [1.29, 1.82) is 0 Å². The van der Waals surface area contributed by atoms with E-state index >= 15 is 0 Å². The molecule has 2 aromatic carbocycles. The summed E-state index contributed by atoms with van der Waals surface area (Å²) in [5.74, 6) is -3.76. The molecule has 4 heterocycles. The Bertz CT molecular complexity index is 1700. The highest BCUT2D eigenvalue weighted by atomic mass is 32.2. The van der Waals surface area contributed by atoms with Gasteiger partial charge in [0.25, 0.3) is 0 Å². The number of morpholine rings is 1. The van der Waals surface area contributed by atoms with Crippen LogP contribution in [-0.4, -0.2) is 70.5 Å². The monoisotopic (exact) mass is 649 g/mol. The van der Waals surface area contributed by atoms with Crippen LogP contribution in [0.1, 0.15) is 28.8 Å². The zero-order valence-electron chi connectivity index (χ0n) is 23.2. The average Bonchev–Trinajstić information content (AvgIpc) is 3.44. The van der Waals surface area contributed by atoms with Gasteiger partial charge in [-0.3, -0.25) is 23.7 Å². The van der Waals surface area contributed by atoms with Gasteiger partial charge in [-0.1, -0.05) is 35.2 Å². The number of benzene rings is 2. The predicted octanol–water partition coefficient (Wildman–Crippen LogP) is 3.69. The number of alkyl halides is 3. The van der Waals surface area contributed by atoms with Crippen LogP contribution in [0.2, 0.25) is 0 Å². The van der Waals surface area contributed by atoms with Gasteiger partial charge in [0.05, 0.1) is 42.0 Å². The number of hydrogen-bond acceptors (Lipinski definition) is 9. The summed E-state index contributed by atoms with van der Waals surface area (Å²) in [6, 6.07) is 8.47. The summed E-state index contributed by atoms with van der Waals surface area (Å²) in [5.41, 5.74) is -0.764. The fraction of sp³-hybridized carbons (Fsp3) is 0.379. The fourth-order valence-corrected chi connectivity index (χ4v) is 8.51. The van der Waals surface area contributed by atoms with Crippen LogP contribution < -0.4 is 14.5 Å². The van der Waals surface area contributed by atoms with Gasteiger partial charge in [0, 0.05) is 23.9 Å². The average molecular weight is 650 g/mol. The molecule has 0 aliphatic carbocycles. The van der Waals surface area contributed by atoms with Crippen LogP contribution in [-0.2, 0) is 31.8 Å². The molecule has 3 aliphatic heterocycles. The number of rotatable bonds is 6. The molecule has 10 nitrogen and oxygen atoms in total. The second-order valence-electron chi connectivity index (χ2n) is 10.4. The highest BCUT2D eigenvalue weighted by Crippen LogP contribution is 2.54. The number of anilines is 1. The SMILES string of the molecule is CCOc1cc([C@@H]2c3sc(=O)n(CC(=O)N4CCOCC4)c3SC3C(=O)N(c4cccc(C(F)(F)F)c4)C(=O)C32)ccc1O. The van der Waals surface area contributed by atoms with E-state index in [1.165, 1.54) is 22.8 Å². The number of hydrogen-bond donors (Lipinski definition) is 1. The van der Waals surface area contributed by atoms with Crippen molar-refractivity contribution in [2.75, 3.05) is 37.8 Å². The Kier molecular flexibility index (Phi) is 7.96. The number of phenolic OH excluding ortho intramolecular Hbond substituents is 1. The number of imide groups is 1. The minimum atomic E-state index is -4.69. The lowest BCUT2D eigenvalue weighted by Gasteiger charge is -2.31. The van der Waals surface area contributed by atoms with E-state index in [9.17, 15) is 37.5 Å². The summed E-state index contributed by atoms with van der Waals surface area (Å²) >= 11 is 1.81. The smallest absolute Gasteiger partial charge is 0.416 e. The third-order valence-electron chi connectivity index (χ3n) is 7.78. The van der Waals surface area contributed by atoms with Crippen LogP contribution >= 0.6 is 23.1 Å². The van der Waals surface area contributed by atoms with E-state index in [-0.39, 0.29) is 36.2 Å². The molecule has 0 radical (unpaired) electrons. The standard InChI is InChI=1S/C29H26F3N3O7S2/c1-2-42-19-12-15(6-7-18(19)36)21-22-23(26(39)35(25(22)38)17-5-3-4-16(13-17)29(30,31)32)43-27-24(21)44-28(40)34(27)14-20(37)33-8-10-41-11-9-33/h3-7,12-13,21-23,36H,2,8-11,14H2,1H3/t21-,22?,23?/m0/s1. The molecule has 0 bridgehead atoms. The number of carbonyl (C=O) groups is 3. The number of aromatic hydroxyl groups is 1. The lowest BCUT2D eigenvalue weighted by Crippen LogP contribution is -2.43. The van der Waals surface area contributed by atoms with Crippen molar-refractivity contribution in [3.8, 4) is 11.5 Å². The van der Waals surface area contributed by atoms with Gasteiger partial charge < -0.3 is 19.5 Å². The molecule has 1 aromatic heterocycles. The first-order chi connectivity index (χ1) is 21.0. The molecule has 6 rings (SSSR count). The van der Waals surface area contributed by atoms with E-state index < -0.39 is 45.5 Å². The number of ether oxygens (including phenoxy) is 2. The van der Waals surface area contributed by atoms with E-state index in [2.05, 4.69) is 0 Å². The van der Waals surface area contributed by atoms with Gasteiger partial charge in [0.2, 0.25) is 17.7 Å². The van der Waals surface area contributed by atoms with Gasteiger partial charge in [-0.25, -0.2) is 4.90 Å². The summed E-state index contributed by atoms with van der Waals surface area (Å²) in [5, 5.41) is 9.58. The molecule has 1 N–H and O–H groups in total. The van der Waals surface area contributed by atoms with Gasteiger partial charge in [0.1, 0.15) is 11.8 Å². The minimum Gasteiger partial charge on any atom is -0.504 e. The maximum Gasteiger partial charge on any atom is 0.416 e. The van der Waals surface area contributed by atoms with E-state index in [0.717, 1.165) is 46.2 Å². The molecule has 3 amide bonds. The highest BCUT2D eigenvalue weighted by Gasteiger charge is 2.57. The van der Waals surface area contributed by atoms with Crippen LogP contribution in [0.25, 0.3) is 0 Å². The first-order valence-electron chi connectivity index (χ1n) is 13.8. The van der Waals surface area contributed by atoms with Gasteiger partial charge in [-0.15, -0.1) is 0 Å². The molecule has 3 atom stereocenters.